The molecule has 0 aliphatic heterocycles. The van der Waals surface area contributed by atoms with Crippen molar-refractivity contribution in [2.24, 2.45) is 5.14 Å². The van der Waals surface area contributed by atoms with E-state index in [1.807, 2.05) is 0 Å². The Morgan fingerprint density at radius 1 is 1.62 bits per heavy atom. The number of aliphatic carboxylic acids is 1. The average Bonchev–Trinajstić information content (AvgIpc) is 1.95. The largest absolute Gasteiger partial charge is 0.480 e. The van der Waals surface area contributed by atoms with Crippen molar-refractivity contribution >= 4 is 16.0 Å². The quantitative estimate of drug-likeness (QED) is 0.506. The molecule has 1 unspecified atom stereocenters. The lowest BCUT2D eigenvalue weighted by molar-refractivity contribution is -0.139. The van der Waals surface area contributed by atoms with Crippen LogP contribution in [0.25, 0.3) is 0 Å². The molecule has 0 saturated heterocycles. The van der Waals surface area contributed by atoms with Crippen molar-refractivity contribution in [3.05, 3.63) is 0 Å². The molecule has 1 atom stereocenters. The van der Waals surface area contributed by atoms with Crippen molar-refractivity contribution in [2.45, 2.75) is 19.4 Å². The summed E-state index contributed by atoms with van der Waals surface area (Å²) in [4.78, 5) is 10.4. The number of carboxylic acids is 1. The molecule has 0 spiro atoms. The molecule has 0 radical (unpaired) electrons. The maximum Gasteiger partial charge on any atom is 0.320 e. The standard InChI is InChI=1S/C6H14N2O4S/c1-2-5(6(9)10)8-3-4-13(7,11)12/h5,8H,2-4H2,1H3,(H,9,10)(H2,7,11,12). The summed E-state index contributed by atoms with van der Waals surface area (Å²) >= 11 is 0. The molecule has 0 amide bonds. The molecular formula is C6H14N2O4S. The lowest BCUT2D eigenvalue weighted by Gasteiger charge is -2.10. The second-order valence-corrected chi connectivity index (χ2v) is 4.35. The molecule has 0 aromatic carbocycles. The molecule has 0 aromatic heterocycles. The zero-order valence-electron chi connectivity index (χ0n) is 7.36. The van der Waals surface area contributed by atoms with Crippen molar-refractivity contribution in [2.75, 3.05) is 12.3 Å². The van der Waals surface area contributed by atoms with Crippen LogP contribution in [0.2, 0.25) is 0 Å². The van der Waals surface area contributed by atoms with Crippen molar-refractivity contribution in [3.63, 3.8) is 0 Å². The predicted octanol–water partition coefficient (Wildman–Crippen LogP) is -1.27. The van der Waals surface area contributed by atoms with E-state index in [1.54, 1.807) is 6.92 Å². The minimum atomic E-state index is -3.51. The van der Waals surface area contributed by atoms with Crippen LogP contribution in [0.3, 0.4) is 0 Å². The van der Waals surface area contributed by atoms with Crippen LogP contribution < -0.4 is 10.5 Å². The molecular weight excluding hydrogens is 196 g/mol. The number of carboxylic acid groups (broad SMARTS) is 1. The zero-order chi connectivity index (χ0) is 10.5. The predicted molar refractivity (Wildman–Crippen MR) is 47.7 cm³/mol. The second kappa shape index (κ2) is 5.15. The number of nitrogens with two attached hydrogens (primary N) is 1. The molecule has 0 aromatic rings. The molecule has 78 valence electrons. The van der Waals surface area contributed by atoms with Gasteiger partial charge in [-0.3, -0.25) is 4.79 Å². The normalized spacial score (nSPS) is 14.0. The fraction of sp³-hybridized carbons (Fsp3) is 0.833. The first-order valence-corrected chi connectivity index (χ1v) is 5.55. The molecule has 0 heterocycles. The molecule has 6 nitrogen and oxygen atoms in total. The summed E-state index contributed by atoms with van der Waals surface area (Å²) < 4.78 is 20.9. The van der Waals surface area contributed by atoms with Crippen molar-refractivity contribution in [3.8, 4) is 0 Å². The Bertz CT molecular complexity index is 262. The number of primary sulfonamides is 1. The van der Waals surface area contributed by atoms with Gasteiger partial charge in [0.05, 0.1) is 5.75 Å². The lowest BCUT2D eigenvalue weighted by Crippen LogP contribution is -2.39. The first-order valence-electron chi connectivity index (χ1n) is 3.83. The van der Waals surface area contributed by atoms with Crippen molar-refractivity contribution in [1.29, 1.82) is 0 Å². The summed E-state index contributed by atoms with van der Waals surface area (Å²) in [5, 5.41) is 15.9. The Hall–Kier alpha value is -0.660. The fourth-order valence-electron chi connectivity index (χ4n) is 0.782. The van der Waals surface area contributed by atoms with E-state index in [2.05, 4.69) is 5.32 Å². The SMILES string of the molecule is CCC(NCCS(N)(=O)=O)C(=O)O. The highest BCUT2D eigenvalue weighted by atomic mass is 32.2. The van der Waals surface area contributed by atoms with Gasteiger partial charge < -0.3 is 10.4 Å². The Labute approximate surface area is 77.2 Å². The number of rotatable bonds is 6. The van der Waals surface area contributed by atoms with Gasteiger partial charge in [0.1, 0.15) is 6.04 Å². The van der Waals surface area contributed by atoms with Crippen LogP contribution in [0.4, 0.5) is 0 Å². The van der Waals surface area contributed by atoms with Crippen LogP contribution in [0.15, 0.2) is 0 Å². The van der Waals surface area contributed by atoms with Gasteiger partial charge in [-0.25, -0.2) is 13.6 Å². The Balaban J connectivity index is 3.81. The average molecular weight is 210 g/mol. The van der Waals surface area contributed by atoms with E-state index in [9.17, 15) is 13.2 Å². The zero-order valence-corrected chi connectivity index (χ0v) is 8.17. The van der Waals surface area contributed by atoms with E-state index in [0.717, 1.165) is 0 Å². The number of sulfonamides is 1. The molecule has 7 heteroatoms. The van der Waals surface area contributed by atoms with E-state index in [0.29, 0.717) is 6.42 Å². The van der Waals surface area contributed by atoms with Gasteiger partial charge in [-0.15, -0.1) is 0 Å². The summed E-state index contributed by atoms with van der Waals surface area (Å²) in [7, 11) is -3.51. The van der Waals surface area contributed by atoms with Crippen LogP contribution in [-0.4, -0.2) is 37.8 Å². The fourth-order valence-corrected chi connectivity index (χ4v) is 1.18. The number of nitrogens with one attached hydrogen (secondary N) is 1. The van der Waals surface area contributed by atoms with Gasteiger partial charge >= 0.3 is 5.97 Å². The Morgan fingerprint density at radius 2 is 2.15 bits per heavy atom. The topological polar surface area (TPSA) is 109 Å². The van der Waals surface area contributed by atoms with Gasteiger partial charge in [-0.05, 0) is 6.42 Å². The third kappa shape index (κ3) is 6.50. The Kier molecular flexibility index (Phi) is 4.89. The van der Waals surface area contributed by atoms with Crippen LogP contribution in [-0.2, 0) is 14.8 Å². The maximum atomic E-state index is 10.5. The molecule has 0 fully saturated rings. The van der Waals surface area contributed by atoms with Crippen LogP contribution in [0, 0.1) is 0 Å². The molecule has 0 rings (SSSR count). The molecule has 0 saturated carbocycles. The molecule has 0 aliphatic rings. The number of hydrogen-bond donors (Lipinski definition) is 3. The van der Waals surface area contributed by atoms with Gasteiger partial charge in [0.15, 0.2) is 0 Å². The maximum absolute atomic E-state index is 10.5. The summed E-state index contributed by atoms with van der Waals surface area (Å²) in [6.45, 7) is 1.76. The summed E-state index contributed by atoms with van der Waals surface area (Å²) in [5.41, 5.74) is 0. The summed E-state index contributed by atoms with van der Waals surface area (Å²) in [6, 6.07) is -0.707. The van der Waals surface area contributed by atoms with E-state index < -0.39 is 22.0 Å². The van der Waals surface area contributed by atoms with Gasteiger partial charge in [0.25, 0.3) is 0 Å². The number of carbonyl (C=O) groups is 1. The van der Waals surface area contributed by atoms with Crippen LogP contribution >= 0.6 is 0 Å². The highest BCUT2D eigenvalue weighted by Crippen LogP contribution is 1.90. The van der Waals surface area contributed by atoms with Crippen LogP contribution in [0.1, 0.15) is 13.3 Å². The number of hydrogen-bond acceptors (Lipinski definition) is 4. The summed E-state index contributed by atoms with van der Waals surface area (Å²) in [6.07, 6.45) is 0.403. The van der Waals surface area contributed by atoms with E-state index in [1.165, 1.54) is 0 Å². The molecule has 0 bridgehead atoms. The van der Waals surface area contributed by atoms with Crippen molar-refractivity contribution in [1.82, 2.24) is 5.32 Å². The molecule has 0 aliphatic carbocycles. The van der Waals surface area contributed by atoms with Crippen LogP contribution in [0.5, 0.6) is 0 Å². The first kappa shape index (κ1) is 12.3. The van der Waals surface area contributed by atoms with Gasteiger partial charge in [0, 0.05) is 6.54 Å². The van der Waals surface area contributed by atoms with Gasteiger partial charge in [0.2, 0.25) is 10.0 Å². The minimum absolute atomic E-state index is 0.0592. The minimum Gasteiger partial charge on any atom is -0.480 e. The third-order valence-corrected chi connectivity index (χ3v) is 2.26. The third-order valence-electron chi connectivity index (χ3n) is 1.48. The van der Waals surface area contributed by atoms with E-state index in [-0.39, 0.29) is 12.3 Å². The Morgan fingerprint density at radius 3 is 2.46 bits per heavy atom. The van der Waals surface area contributed by atoms with E-state index >= 15 is 0 Å². The van der Waals surface area contributed by atoms with Gasteiger partial charge in [-0.1, -0.05) is 6.92 Å². The summed E-state index contributed by atoms with van der Waals surface area (Å²) in [5.74, 6) is -1.24. The lowest BCUT2D eigenvalue weighted by atomic mass is 10.2. The second-order valence-electron chi connectivity index (χ2n) is 2.62. The molecule has 4 N–H and O–H groups in total. The highest BCUT2D eigenvalue weighted by Gasteiger charge is 2.14. The molecule has 13 heavy (non-hydrogen) atoms. The monoisotopic (exact) mass is 210 g/mol. The highest BCUT2D eigenvalue weighted by molar-refractivity contribution is 7.89. The van der Waals surface area contributed by atoms with E-state index in [4.69, 9.17) is 10.2 Å². The first-order chi connectivity index (χ1) is 5.87. The smallest absolute Gasteiger partial charge is 0.320 e. The van der Waals surface area contributed by atoms with Gasteiger partial charge in [-0.2, -0.15) is 0 Å². The van der Waals surface area contributed by atoms with Crippen molar-refractivity contribution < 1.29 is 18.3 Å².